The molecule has 0 spiro atoms. The number of hydrogen-bond donors (Lipinski definition) is 2. The molecule has 0 saturated heterocycles. The van der Waals surface area contributed by atoms with Crippen LogP contribution in [0.1, 0.15) is 49.3 Å². The summed E-state index contributed by atoms with van der Waals surface area (Å²) in [5, 5.41) is 13.9. The molecule has 7 nitrogen and oxygen atoms in total. The summed E-state index contributed by atoms with van der Waals surface area (Å²) in [4.78, 5) is 17.9. The second-order valence-electron chi connectivity index (χ2n) is 8.93. The van der Waals surface area contributed by atoms with Gasteiger partial charge in [0.15, 0.2) is 0 Å². The second-order valence-corrected chi connectivity index (χ2v) is 10.0. The molecule has 0 amide bonds. The zero-order valence-electron chi connectivity index (χ0n) is 19.6. The molecule has 12 heteroatoms. The highest BCUT2D eigenvalue weighted by molar-refractivity contribution is 7.15. The highest BCUT2D eigenvalue weighted by Gasteiger charge is 2.27. The highest BCUT2D eigenvalue weighted by atomic mass is 32.1. The Hall–Kier alpha value is -3.54. The van der Waals surface area contributed by atoms with Crippen LogP contribution in [0.25, 0.3) is 33.1 Å². The first-order valence-electron chi connectivity index (χ1n) is 11.9. The summed E-state index contributed by atoms with van der Waals surface area (Å²) in [5.41, 5.74) is 0.802. The van der Waals surface area contributed by atoms with Crippen LogP contribution in [0.15, 0.2) is 41.2 Å². The van der Waals surface area contributed by atoms with Crippen molar-refractivity contribution in [2.24, 2.45) is 0 Å². The van der Waals surface area contributed by atoms with Gasteiger partial charge >= 0.3 is 6.18 Å². The number of nitrogens with one attached hydrogen (secondary N) is 2. The van der Waals surface area contributed by atoms with Gasteiger partial charge in [0.05, 0.1) is 17.9 Å². The Morgan fingerprint density at radius 2 is 1.89 bits per heavy atom. The van der Waals surface area contributed by atoms with Crippen molar-refractivity contribution in [2.45, 2.75) is 50.6 Å². The van der Waals surface area contributed by atoms with Crippen LogP contribution in [0.5, 0.6) is 5.75 Å². The molecule has 3 heterocycles. The molecule has 0 radical (unpaired) electrons. The quantitative estimate of drug-likeness (QED) is 0.180. The maximum absolute atomic E-state index is 15.1. The molecule has 37 heavy (non-hydrogen) atoms. The monoisotopic (exact) mass is 533 g/mol. The van der Waals surface area contributed by atoms with Crippen LogP contribution in [-0.2, 0) is 0 Å². The predicted molar refractivity (Wildman–Crippen MR) is 131 cm³/mol. The van der Waals surface area contributed by atoms with Crippen molar-refractivity contribution in [1.82, 2.24) is 25.6 Å². The number of alkyl halides is 3. The molecule has 1 aliphatic carbocycles. The Morgan fingerprint density at radius 1 is 1.05 bits per heavy atom. The molecule has 4 aromatic rings. The van der Waals surface area contributed by atoms with Crippen molar-refractivity contribution in [3.8, 4) is 38.8 Å². The number of tetrazole rings is 1. The normalized spacial score (nSPS) is 13.7. The summed E-state index contributed by atoms with van der Waals surface area (Å²) in [5.74, 6) is 0.343. The number of aromatic nitrogens is 5. The largest absolute Gasteiger partial charge is 0.493 e. The van der Waals surface area contributed by atoms with Gasteiger partial charge in [-0.25, -0.2) is 4.39 Å². The first-order valence-corrected chi connectivity index (χ1v) is 12.7. The number of rotatable bonds is 10. The zero-order chi connectivity index (χ0) is 26.0. The van der Waals surface area contributed by atoms with Crippen LogP contribution in [0.3, 0.4) is 0 Å². The first kappa shape index (κ1) is 25.1. The summed E-state index contributed by atoms with van der Waals surface area (Å²) in [6.45, 7) is 0.179. The van der Waals surface area contributed by atoms with Crippen molar-refractivity contribution < 1.29 is 22.3 Å². The van der Waals surface area contributed by atoms with Crippen LogP contribution < -0.4 is 10.3 Å². The van der Waals surface area contributed by atoms with E-state index in [9.17, 15) is 18.0 Å². The topological polar surface area (TPSA) is 96.5 Å². The molecule has 5 rings (SSSR count). The highest BCUT2D eigenvalue weighted by Crippen LogP contribution is 2.46. The molecule has 1 fully saturated rings. The van der Waals surface area contributed by atoms with E-state index in [0.717, 1.165) is 17.7 Å². The smallest absolute Gasteiger partial charge is 0.389 e. The number of thiophene rings is 1. The molecule has 0 atom stereocenters. The van der Waals surface area contributed by atoms with Gasteiger partial charge in [-0.3, -0.25) is 4.79 Å². The summed E-state index contributed by atoms with van der Waals surface area (Å²) < 4.78 is 57.3. The van der Waals surface area contributed by atoms with E-state index in [-0.39, 0.29) is 41.4 Å². The average Bonchev–Trinajstić information content (AvgIpc) is 3.34. The number of pyridine rings is 1. The lowest BCUT2D eigenvalue weighted by atomic mass is 10.0. The fourth-order valence-corrected chi connectivity index (χ4v) is 5.27. The first-order chi connectivity index (χ1) is 17.8. The number of ether oxygens (including phenoxy) is 1. The molecular weight excluding hydrogens is 510 g/mol. The SMILES string of the molecule is O=c1[nH]c(-c2ccc(OCCCCCC(F)(F)F)cc2F)cc(-c2ccc(C3CC3)s2)c1-c1nn[nH]n1. The van der Waals surface area contributed by atoms with Crippen molar-refractivity contribution >= 4 is 11.3 Å². The van der Waals surface area contributed by atoms with Gasteiger partial charge in [0, 0.05) is 33.4 Å². The Kier molecular flexibility index (Phi) is 7.09. The van der Waals surface area contributed by atoms with Gasteiger partial charge in [-0.15, -0.1) is 21.5 Å². The van der Waals surface area contributed by atoms with Crippen LogP contribution in [0.4, 0.5) is 17.6 Å². The van der Waals surface area contributed by atoms with Gasteiger partial charge in [0.25, 0.3) is 5.56 Å². The van der Waals surface area contributed by atoms with Crippen molar-refractivity contribution in [3.63, 3.8) is 0 Å². The number of H-pyrrole nitrogens is 2. The van der Waals surface area contributed by atoms with Crippen molar-refractivity contribution in [3.05, 3.63) is 57.4 Å². The maximum Gasteiger partial charge on any atom is 0.389 e. The fourth-order valence-electron chi connectivity index (χ4n) is 4.07. The van der Waals surface area contributed by atoms with Gasteiger partial charge in [0.2, 0.25) is 5.82 Å². The molecule has 0 bridgehead atoms. The van der Waals surface area contributed by atoms with Gasteiger partial charge in [-0.2, -0.15) is 18.4 Å². The molecule has 0 aliphatic heterocycles. The van der Waals surface area contributed by atoms with Gasteiger partial charge in [0.1, 0.15) is 11.6 Å². The molecule has 1 saturated carbocycles. The molecule has 194 valence electrons. The number of halogens is 4. The predicted octanol–water partition coefficient (Wildman–Crippen LogP) is 6.47. The Balaban J connectivity index is 1.37. The zero-order valence-corrected chi connectivity index (χ0v) is 20.4. The second kappa shape index (κ2) is 10.4. The Labute approximate surface area is 212 Å². The van der Waals surface area contributed by atoms with E-state index in [0.29, 0.717) is 24.3 Å². The standard InChI is InChI=1S/C25H23F4N5O2S/c26-18-12-15(36-11-3-1-2-10-25(27,28)29)6-7-16(18)19-13-17(21-9-8-20(37-21)14-4-5-14)22(24(35)30-19)23-31-33-34-32-23/h6-9,12-14H,1-5,10-11H2,(H,30,35)(H,31,32,33,34). The third-order valence-electron chi connectivity index (χ3n) is 6.08. The summed E-state index contributed by atoms with van der Waals surface area (Å²) >= 11 is 1.59. The van der Waals surface area contributed by atoms with E-state index in [1.807, 2.05) is 12.1 Å². The van der Waals surface area contributed by atoms with E-state index in [1.165, 1.54) is 17.0 Å². The summed E-state index contributed by atoms with van der Waals surface area (Å²) in [6, 6.07) is 9.97. The Bertz CT molecular complexity index is 1430. The van der Waals surface area contributed by atoms with Gasteiger partial charge in [-0.1, -0.05) is 0 Å². The fraction of sp³-hybridized carbons (Fsp3) is 0.360. The molecule has 1 aromatic carbocycles. The third-order valence-corrected chi connectivity index (χ3v) is 7.36. The summed E-state index contributed by atoms with van der Waals surface area (Å²) in [7, 11) is 0. The van der Waals surface area contributed by atoms with Crippen LogP contribution >= 0.6 is 11.3 Å². The summed E-state index contributed by atoms with van der Waals surface area (Å²) in [6.07, 6.45) is -1.87. The third kappa shape index (κ3) is 6.07. The van der Waals surface area contributed by atoms with Crippen LogP contribution in [-0.4, -0.2) is 38.4 Å². The number of benzene rings is 1. The van der Waals surface area contributed by atoms with Crippen molar-refractivity contribution in [1.29, 1.82) is 0 Å². The van der Waals surface area contributed by atoms with E-state index >= 15 is 4.39 Å². The van der Waals surface area contributed by atoms with Gasteiger partial charge < -0.3 is 9.72 Å². The lowest BCUT2D eigenvalue weighted by Crippen LogP contribution is -2.13. The minimum Gasteiger partial charge on any atom is -0.493 e. The van der Waals surface area contributed by atoms with Crippen LogP contribution in [0, 0.1) is 5.82 Å². The molecule has 1 aliphatic rings. The van der Waals surface area contributed by atoms with E-state index < -0.39 is 24.0 Å². The van der Waals surface area contributed by atoms with E-state index in [1.54, 1.807) is 23.5 Å². The molecular formula is C25H23F4N5O2S. The number of aromatic amines is 2. The molecule has 0 unspecified atom stereocenters. The Morgan fingerprint density at radius 3 is 2.59 bits per heavy atom. The van der Waals surface area contributed by atoms with E-state index in [2.05, 4.69) is 25.6 Å². The van der Waals surface area contributed by atoms with E-state index in [4.69, 9.17) is 4.74 Å². The lowest BCUT2D eigenvalue weighted by Gasteiger charge is -2.11. The number of hydrogen-bond acceptors (Lipinski definition) is 6. The molecule has 3 aromatic heterocycles. The minimum atomic E-state index is -4.16. The minimum absolute atomic E-state index is 0.0299. The van der Waals surface area contributed by atoms with Crippen LogP contribution in [0.2, 0.25) is 0 Å². The number of nitrogens with zero attached hydrogens (tertiary/aromatic N) is 3. The lowest BCUT2D eigenvalue weighted by molar-refractivity contribution is -0.135. The maximum atomic E-state index is 15.1. The van der Waals surface area contributed by atoms with Gasteiger partial charge in [-0.05, 0) is 73.6 Å². The van der Waals surface area contributed by atoms with Crippen molar-refractivity contribution in [2.75, 3.05) is 6.61 Å². The molecule has 2 N–H and O–H groups in total. The number of unbranched alkanes of at least 4 members (excludes halogenated alkanes) is 2. The average molecular weight is 534 g/mol.